The lowest BCUT2D eigenvalue weighted by molar-refractivity contribution is -0.104. The molecule has 0 N–H and O–H groups in total. The lowest BCUT2D eigenvalue weighted by Gasteiger charge is -1.96. The molecule has 0 saturated carbocycles. The van der Waals surface area contributed by atoms with Gasteiger partial charge in [0.1, 0.15) is 6.29 Å². The molecule has 2 rings (SSSR count). The summed E-state index contributed by atoms with van der Waals surface area (Å²) in [6, 6.07) is 7.02. The zero-order valence-corrected chi connectivity index (χ0v) is 8.87. The Morgan fingerprint density at radius 3 is 2.69 bits per heavy atom. The number of allylic oxidation sites excluding steroid dienone is 1. The molecule has 0 amide bonds. The molecule has 0 radical (unpaired) electrons. The van der Waals surface area contributed by atoms with Crippen LogP contribution in [0.3, 0.4) is 0 Å². The van der Waals surface area contributed by atoms with Crippen LogP contribution in [0, 0.1) is 0 Å². The van der Waals surface area contributed by atoms with Crippen molar-refractivity contribution in [2.24, 2.45) is 0 Å². The van der Waals surface area contributed by atoms with Crippen molar-refractivity contribution in [3.8, 4) is 5.69 Å². The number of hydrogen-bond donors (Lipinski definition) is 0. The van der Waals surface area contributed by atoms with Crippen LogP contribution >= 0.6 is 11.6 Å². The first-order valence-corrected chi connectivity index (χ1v) is 4.85. The minimum atomic E-state index is 0.377. The van der Waals surface area contributed by atoms with E-state index in [9.17, 15) is 4.79 Å². The molecule has 2 aromatic rings. The van der Waals surface area contributed by atoms with E-state index in [0.717, 1.165) is 5.69 Å². The lowest BCUT2D eigenvalue weighted by Crippen LogP contribution is -1.98. The second kappa shape index (κ2) is 4.67. The van der Waals surface area contributed by atoms with Gasteiger partial charge in [0, 0.05) is 5.02 Å². The molecule has 0 aliphatic rings. The van der Waals surface area contributed by atoms with Crippen LogP contribution in [-0.4, -0.2) is 26.5 Å². The van der Waals surface area contributed by atoms with Crippen molar-refractivity contribution >= 4 is 24.0 Å². The minimum absolute atomic E-state index is 0.377. The highest BCUT2D eigenvalue weighted by Gasteiger charge is 2.01. The Morgan fingerprint density at radius 1 is 1.25 bits per heavy atom. The number of nitrogens with zero attached hydrogens (tertiary/aromatic N) is 4. The highest BCUT2D eigenvalue weighted by Crippen LogP contribution is 2.11. The van der Waals surface area contributed by atoms with E-state index in [1.807, 2.05) is 0 Å². The summed E-state index contributed by atoms with van der Waals surface area (Å²) in [5, 5.41) is 12.3. The van der Waals surface area contributed by atoms with Crippen LogP contribution in [0.25, 0.3) is 11.8 Å². The number of tetrazole rings is 1. The minimum Gasteiger partial charge on any atom is -0.299 e. The van der Waals surface area contributed by atoms with E-state index in [-0.39, 0.29) is 0 Å². The second-order valence-electron chi connectivity index (χ2n) is 2.91. The monoisotopic (exact) mass is 234 g/mol. The third kappa shape index (κ3) is 2.32. The Hall–Kier alpha value is -2.01. The largest absolute Gasteiger partial charge is 0.299 e. The second-order valence-corrected chi connectivity index (χ2v) is 3.35. The summed E-state index contributed by atoms with van der Waals surface area (Å²) in [6.07, 6.45) is 3.44. The van der Waals surface area contributed by atoms with Crippen LogP contribution in [0.2, 0.25) is 5.02 Å². The Labute approximate surface area is 96.3 Å². The van der Waals surface area contributed by atoms with E-state index in [1.54, 1.807) is 24.3 Å². The lowest BCUT2D eigenvalue weighted by atomic mass is 10.3. The summed E-state index contributed by atoms with van der Waals surface area (Å²) in [4.78, 5) is 11.5. The van der Waals surface area contributed by atoms with Crippen molar-refractivity contribution in [2.75, 3.05) is 0 Å². The number of hydrogen-bond acceptors (Lipinski definition) is 4. The van der Waals surface area contributed by atoms with E-state index in [4.69, 9.17) is 11.6 Å². The molecule has 0 aliphatic heterocycles. The number of rotatable bonds is 3. The molecule has 0 fully saturated rings. The molecule has 0 bridgehead atoms. The molecule has 0 atom stereocenters. The van der Waals surface area contributed by atoms with Crippen molar-refractivity contribution < 1.29 is 4.79 Å². The number of carbonyl (C=O) groups is 1. The van der Waals surface area contributed by atoms with Crippen molar-refractivity contribution in [1.29, 1.82) is 0 Å². The van der Waals surface area contributed by atoms with Crippen LogP contribution in [0.1, 0.15) is 5.82 Å². The number of carbonyl (C=O) groups excluding carboxylic acids is 1. The van der Waals surface area contributed by atoms with Crippen LogP contribution in [-0.2, 0) is 4.79 Å². The molecule has 0 spiro atoms. The number of benzene rings is 1. The smallest absolute Gasteiger partial charge is 0.198 e. The predicted octanol–water partition coefficient (Wildman–Crippen LogP) is 1.53. The van der Waals surface area contributed by atoms with Gasteiger partial charge in [-0.2, -0.15) is 0 Å². The topological polar surface area (TPSA) is 60.7 Å². The van der Waals surface area contributed by atoms with Gasteiger partial charge in [-0.25, -0.2) is 0 Å². The number of aldehydes is 1. The molecule has 0 saturated heterocycles. The summed E-state index contributed by atoms with van der Waals surface area (Å²) in [6.45, 7) is 0. The van der Waals surface area contributed by atoms with Crippen molar-refractivity contribution in [3.05, 3.63) is 41.2 Å². The van der Waals surface area contributed by atoms with Gasteiger partial charge in [-0.1, -0.05) is 11.6 Å². The highest BCUT2D eigenvalue weighted by atomic mass is 35.5. The maximum absolute atomic E-state index is 10.1. The summed E-state index contributed by atoms with van der Waals surface area (Å²) in [5.74, 6) is 0.377. The van der Waals surface area contributed by atoms with E-state index < -0.39 is 0 Å². The van der Waals surface area contributed by atoms with Gasteiger partial charge in [-0.15, -0.1) is 15.0 Å². The molecule has 1 aromatic carbocycles. The van der Waals surface area contributed by atoms with Crippen LogP contribution in [0.4, 0.5) is 0 Å². The summed E-state index contributed by atoms with van der Waals surface area (Å²) < 4.78 is 0. The van der Waals surface area contributed by atoms with Gasteiger partial charge in [0.2, 0.25) is 0 Å². The van der Waals surface area contributed by atoms with Gasteiger partial charge in [-0.3, -0.25) is 4.79 Å². The molecular formula is C10H7ClN4O. The highest BCUT2D eigenvalue weighted by molar-refractivity contribution is 6.30. The molecule has 0 unspecified atom stereocenters. The quantitative estimate of drug-likeness (QED) is 0.597. The third-order valence-electron chi connectivity index (χ3n) is 1.81. The summed E-state index contributed by atoms with van der Waals surface area (Å²) in [5.41, 5.74) is 0.752. The van der Waals surface area contributed by atoms with E-state index in [2.05, 4.69) is 15.4 Å². The number of aromatic nitrogens is 4. The van der Waals surface area contributed by atoms with E-state index in [1.165, 1.54) is 16.9 Å². The van der Waals surface area contributed by atoms with Gasteiger partial charge >= 0.3 is 0 Å². The third-order valence-corrected chi connectivity index (χ3v) is 2.06. The van der Waals surface area contributed by atoms with Crippen LogP contribution in [0.15, 0.2) is 30.3 Å². The predicted molar refractivity (Wildman–Crippen MR) is 59.3 cm³/mol. The number of halogens is 1. The Balaban J connectivity index is 2.27. The van der Waals surface area contributed by atoms with Gasteiger partial charge in [0.25, 0.3) is 0 Å². The normalized spacial score (nSPS) is 10.8. The van der Waals surface area contributed by atoms with E-state index >= 15 is 0 Å². The molecule has 0 aliphatic carbocycles. The standard InChI is InChI=1S/C10H7ClN4O/c11-8-3-5-9(6-4-8)15-13-10(12-14-15)2-1-7-16/h1-7H/b2-1+. The summed E-state index contributed by atoms with van der Waals surface area (Å²) >= 11 is 5.76. The van der Waals surface area contributed by atoms with Gasteiger partial charge in [0.15, 0.2) is 5.82 Å². The average molecular weight is 235 g/mol. The maximum Gasteiger partial charge on any atom is 0.198 e. The average Bonchev–Trinajstić information content (AvgIpc) is 2.76. The Bertz CT molecular complexity index is 518. The van der Waals surface area contributed by atoms with E-state index in [0.29, 0.717) is 17.1 Å². The van der Waals surface area contributed by atoms with Gasteiger partial charge in [0.05, 0.1) is 5.69 Å². The molecule has 1 aromatic heterocycles. The van der Waals surface area contributed by atoms with Gasteiger partial charge in [-0.05, 0) is 41.6 Å². The first-order chi connectivity index (χ1) is 7.79. The first-order valence-electron chi connectivity index (χ1n) is 4.47. The van der Waals surface area contributed by atoms with Crippen molar-refractivity contribution in [2.45, 2.75) is 0 Å². The maximum atomic E-state index is 10.1. The molecule has 16 heavy (non-hydrogen) atoms. The molecular weight excluding hydrogens is 228 g/mol. The van der Waals surface area contributed by atoms with Crippen molar-refractivity contribution in [1.82, 2.24) is 20.2 Å². The van der Waals surface area contributed by atoms with Crippen LogP contribution < -0.4 is 0 Å². The van der Waals surface area contributed by atoms with Gasteiger partial charge < -0.3 is 0 Å². The zero-order valence-electron chi connectivity index (χ0n) is 8.12. The molecule has 6 heteroatoms. The molecule has 80 valence electrons. The fraction of sp³-hybridized carbons (Fsp3) is 0. The first kappa shape index (κ1) is 10.5. The van der Waals surface area contributed by atoms with Crippen molar-refractivity contribution in [3.63, 3.8) is 0 Å². The van der Waals surface area contributed by atoms with Crippen LogP contribution in [0.5, 0.6) is 0 Å². The Kier molecular flexibility index (Phi) is 3.07. The molecule has 1 heterocycles. The summed E-state index contributed by atoms with van der Waals surface area (Å²) in [7, 11) is 0. The zero-order chi connectivity index (χ0) is 11.4. The SMILES string of the molecule is O=C/C=C/c1nnn(-c2ccc(Cl)cc2)n1. The molecule has 5 nitrogen and oxygen atoms in total. The fourth-order valence-corrected chi connectivity index (χ4v) is 1.23. The fourth-order valence-electron chi connectivity index (χ4n) is 1.10. The Morgan fingerprint density at radius 2 is 2.00 bits per heavy atom.